The third kappa shape index (κ3) is 4.40. The van der Waals surface area contributed by atoms with Gasteiger partial charge in [-0.2, -0.15) is 0 Å². The molecule has 0 spiro atoms. The van der Waals surface area contributed by atoms with E-state index in [9.17, 15) is 0 Å². The SMILES string of the molecule is CCC1(C)CC(NC(C)CCOC)CCO1. The van der Waals surface area contributed by atoms with Gasteiger partial charge in [0.2, 0.25) is 0 Å². The summed E-state index contributed by atoms with van der Waals surface area (Å²) in [4.78, 5) is 0. The van der Waals surface area contributed by atoms with Crippen LogP contribution in [0.1, 0.15) is 46.5 Å². The fourth-order valence-electron chi connectivity index (χ4n) is 2.30. The van der Waals surface area contributed by atoms with Gasteiger partial charge in [0.25, 0.3) is 0 Å². The van der Waals surface area contributed by atoms with Gasteiger partial charge in [0, 0.05) is 32.4 Å². The highest BCUT2D eigenvalue weighted by Crippen LogP contribution is 2.27. The van der Waals surface area contributed by atoms with Gasteiger partial charge in [-0.1, -0.05) is 6.92 Å². The van der Waals surface area contributed by atoms with Crippen molar-refractivity contribution in [1.82, 2.24) is 5.32 Å². The average Bonchev–Trinajstić information content (AvgIpc) is 2.26. The van der Waals surface area contributed by atoms with E-state index in [0.29, 0.717) is 12.1 Å². The fraction of sp³-hybridized carbons (Fsp3) is 1.00. The Bertz CT molecular complexity index is 198. The highest BCUT2D eigenvalue weighted by atomic mass is 16.5. The van der Waals surface area contributed by atoms with Gasteiger partial charge in [-0.05, 0) is 39.5 Å². The number of ether oxygens (including phenoxy) is 2. The van der Waals surface area contributed by atoms with E-state index in [4.69, 9.17) is 9.47 Å². The van der Waals surface area contributed by atoms with E-state index in [1.807, 2.05) is 0 Å². The van der Waals surface area contributed by atoms with E-state index in [1.165, 1.54) is 0 Å². The Kier molecular flexibility index (Phi) is 5.73. The molecule has 96 valence electrons. The maximum Gasteiger partial charge on any atom is 0.0666 e. The highest BCUT2D eigenvalue weighted by molar-refractivity contribution is 4.86. The Morgan fingerprint density at radius 1 is 1.56 bits per heavy atom. The normalized spacial score (nSPS) is 32.6. The second kappa shape index (κ2) is 6.58. The first-order chi connectivity index (χ1) is 7.59. The summed E-state index contributed by atoms with van der Waals surface area (Å²) in [7, 11) is 1.76. The molecule has 1 saturated heterocycles. The molecule has 0 aromatic rings. The molecule has 1 heterocycles. The first kappa shape index (κ1) is 13.9. The summed E-state index contributed by atoms with van der Waals surface area (Å²) in [6, 6.07) is 1.13. The topological polar surface area (TPSA) is 30.5 Å². The van der Waals surface area contributed by atoms with Crippen molar-refractivity contribution in [2.45, 2.75) is 64.1 Å². The second-order valence-electron chi connectivity index (χ2n) is 5.19. The molecule has 3 unspecified atom stereocenters. The molecule has 1 aliphatic rings. The van der Waals surface area contributed by atoms with Gasteiger partial charge in [0.05, 0.1) is 5.60 Å². The van der Waals surface area contributed by atoms with E-state index < -0.39 is 0 Å². The number of hydrogen-bond acceptors (Lipinski definition) is 3. The molecule has 1 rings (SSSR count). The van der Waals surface area contributed by atoms with E-state index in [1.54, 1.807) is 7.11 Å². The fourth-order valence-corrected chi connectivity index (χ4v) is 2.30. The molecule has 0 amide bonds. The lowest BCUT2D eigenvalue weighted by atomic mass is 9.89. The van der Waals surface area contributed by atoms with Gasteiger partial charge in [-0.3, -0.25) is 0 Å². The second-order valence-corrected chi connectivity index (χ2v) is 5.19. The van der Waals surface area contributed by atoms with Crippen molar-refractivity contribution in [1.29, 1.82) is 0 Å². The maximum atomic E-state index is 5.84. The van der Waals surface area contributed by atoms with Crippen LogP contribution in [-0.2, 0) is 9.47 Å². The molecule has 0 saturated carbocycles. The summed E-state index contributed by atoms with van der Waals surface area (Å²) in [5.74, 6) is 0. The molecular formula is C13H27NO2. The molecule has 0 radical (unpaired) electrons. The average molecular weight is 229 g/mol. The molecule has 3 atom stereocenters. The molecule has 0 aromatic heterocycles. The van der Waals surface area contributed by atoms with Crippen LogP contribution in [0.25, 0.3) is 0 Å². The van der Waals surface area contributed by atoms with E-state index >= 15 is 0 Å². The van der Waals surface area contributed by atoms with Crippen molar-refractivity contribution < 1.29 is 9.47 Å². The number of methoxy groups -OCH3 is 1. The van der Waals surface area contributed by atoms with Crippen LogP contribution in [0.5, 0.6) is 0 Å². The molecule has 3 heteroatoms. The predicted octanol–water partition coefficient (Wildman–Crippen LogP) is 2.35. The molecule has 0 bridgehead atoms. The zero-order chi connectivity index (χ0) is 12.0. The summed E-state index contributed by atoms with van der Waals surface area (Å²) in [6.45, 7) is 8.39. The Morgan fingerprint density at radius 2 is 2.31 bits per heavy atom. The van der Waals surface area contributed by atoms with Crippen molar-refractivity contribution in [3.63, 3.8) is 0 Å². The molecular weight excluding hydrogens is 202 g/mol. The largest absolute Gasteiger partial charge is 0.385 e. The van der Waals surface area contributed by atoms with Crippen LogP contribution >= 0.6 is 0 Å². The van der Waals surface area contributed by atoms with Crippen LogP contribution in [-0.4, -0.2) is 38.0 Å². The first-order valence-electron chi connectivity index (χ1n) is 6.48. The Morgan fingerprint density at radius 3 is 2.94 bits per heavy atom. The molecule has 1 N–H and O–H groups in total. The Labute approximate surface area is 99.9 Å². The van der Waals surface area contributed by atoms with Crippen LogP contribution in [0.2, 0.25) is 0 Å². The molecule has 3 nitrogen and oxygen atoms in total. The Balaban J connectivity index is 2.31. The van der Waals surface area contributed by atoms with Gasteiger partial charge in [0.1, 0.15) is 0 Å². The minimum Gasteiger partial charge on any atom is -0.385 e. The van der Waals surface area contributed by atoms with Crippen molar-refractivity contribution in [2.75, 3.05) is 20.3 Å². The van der Waals surface area contributed by atoms with Crippen LogP contribution in [0.3, 0.4) is 0 Å². The minimum absolute atomic E-state index is 0.0803. The lowest BCUT2D eigenvalue weighted by molar-refractivity contribution is -0.0791. The summed E-state index contributed by atoms with van der Waals surface area (Å²) >= 11 is 0. The first-order valence-corrected chi connectivity index (χ1v) is 6.48. The van der Waals surface area contributed by atoms with Crippen LogP contribution in [0.15, 0.2) is 0 Å². The molecule has 1 fully saturated rings. The predicted molar refractivity (Wildman–Crippen MR) is 66.8 cm³/mol. The van der Waals surface area contributed by atoms with Gasteiger partial charge in [-0.15, -0.1) is 0 Å². The van der Waals surface area contributed by atoms with Gasteiger partial charge < -0.3 is 14.8 Å². The van der Waals surface area contributed by atoms with Crippen molar-refractivity contribution in [2.24, 2.45) is 0 Å². The third-order valence-electron chi connectivity index (χ3n) is 3.62. The monoisotopic (exact) mass is 229 g/mol. The third-order valence-corrected chi connectivity index (χ3v) is 3.62. The van der Waals surface area contributed by atoms with E-state index in [0.717, 1.165) is 38.9 Å². The lowest BCUT2D eigenvalue weighted by Crippen LogP contribution is -2.47. The summed E-state index contributed by atoms with van der Waals surface area (Å²) in [5, 5.41) is 3.68. The zero-order valence-electron chi connectivity index (χ0n) is 11.2. The molecule has 0 aromatic carbocycles. The smallest absolute Gasteiger partial charge is 0.0666 e. The zero-order valence-corrected chi connectivity index (χ0v) is 11.2. The van der Waals surface area contributed by atoms with Crippen molar-refractivity contribution in [3.8, 4) is 0 Å². The van der Waals surface area contributed by atoms with Crippen LogP contribution < -0.4 is 5.32 Å². The Hall–Kier alpha value is -0.120. The lowest BCUT2D eigenvalue weighted by Gasteiger charge is -2.39. The van der Waals surface area contributed by atoms with Gasteiger partial charge in [0.15, 0.2) is 0 Å². The van der Waals surface area contributed by atoms with Gasteiger partial charge >= 0.3 is 0 Å². The molecule has 16 heavy (non-hydrogen) atoms. The van der Waals surface area contributed by atoms with Crippen LogP contribution in [0.4, 0.5) is 0 Å². The summed E-state index contributed by atoms with van der Waals surface area (Å²) in [5.41, 5.74) is 0.0803. The maximum absolute atomic E-state index is 5.84. The number of hydrogen-bond donors (Lipinski definition) is 1. The standard InChI is InChI=1S/C13H27NO2/c1-5-13(3)10-12(7-9-16-13)14-11(2)6-8-15-4/h11-12,14H,5-10H2,1-4H3. The number of nitrogens with one attached hydrogen (secondary N) is 1. The number of rotatable bonds is 6. The molecule has 1 aliphatic heterocycles. The minimum atomic E-state index is 0.0803. The summed E-state index contributed by atoms with van der Waals surface area (Å²) < 4.78 is 10.9. The molecule has 0 aliphatic carbocycles. The van der Waals surface area contributed by atoms with Crippen molar-refractivity contribution in [3.05, 3.63) is 0 Å². The highest BCUT2D eigenvalue weighted by Gasteiger charge is 2.31. The summed E-state index contributed by atoms with van der Waals surface area (Å²) in [6.07, 6.45) is 4.43. The van der Waals surface area contributed by atoms with E-state index in [-0.39, 0.29) is 5.60 Å². The quantitative estimate of drug-likeness (QED) is 0.758. The van der Waals surface area contributed by atoms with Crippen molar-refractivity contribution >= 4 is 0 Å². The van der Waals surface area contributed by atoms with Gasteiger partial charge in [-0.25, -0.2) is 0 Å². The van der Waals surface area contributed by atoms with Crippen LogP contribution in [0, 0.1) is 0 Å². The van der Waals surface area contributed by atoms with E-state index in [2.05, 4.69) is 26.1 Å².